The van der Waals surface area contributed by atoms with Crippen LogP contribution in [0, 0.1) is 0 Å². The monoisotopic (exact) mass is 224 g/mol. The number of nitrogens with one attached hydrogen (secondary N) is 1. The van der Waals surface area contributed by atoms with Crippen LogP contribution in [0.2, 0.25) is 0 Å². The van der Waals surface area contributed by atoms with Gasteiger partial charge in [-0.05, 0) is 32.2 Å². The SMILES string of the molecule is CN(C(=O)C1CCCCN1)C1CCCCC1. The molecule has 1 heterocycles. The first kappa shape index (κ1) is 11.9. The van der Waals surface area contributed by atoms with Gasteiger partial charge in [0, 0.05) is 13.1 Å². The van der Waals surface area contributed by atoms with Crippen LogP contribution in [-0.2, 0) is 4.79 Å². The van der Waals surface area contributed by atoms with Crippen molar-refractivity contribution < 1.29 is 4.79 Å². The van der Waals surface area contributed by atoms with Gasteiger partial charge in [-0.15, -0.1) is 0 Å². The van der Waals surface area contributed by atoms with Gasteiger partial charge >= 0.3 is 0 Å². The molecule has 1 atom stereocenters. The molecule has 0 radical (unpaired) electrons. The van der Waals surface area contributed by atoms with Crippen LogP contribution in [0.15, 0.2) is 0 Å². The van der Waals surface area contributed by atoms with Crippen molar-refractivity contribution in [2.24, 2.45) is 0 Å². The summed E-state index contributed by atoms with van der Waals surface area (Å²) in [6.07, 6.45) is 9.78. The molecule has 1 amide bonds. The van der Waals surface area contributed by atoms with E-state index < -0.39 is 0 Å². The van der Waals surface area contributed by atoms with Gasteiger partial charge in [-0.25, -0.2) is 0 Å². The van der Waals surface area contributed by atoms with Gasteiger partial charge in [-0.1, -0.05) is 25.7 Å². The third-order valence-electron chi connectivity index (χ3n) is 4.08. The highest BCUT2D eigenvalue weighted by molar-refractivity contribution is 5.82. The highest BCUT2D eigenvalue weighted by atomic mass is 16.2. The van der Waals surface area contributed by atoms with Crippen LogP contribution in [-0.4, -0.2) is 36.5 Å². The van der Waals surface area contributed by atoms with E-state index >= 15 is 0 Å². The molecule has 0 aromatic heterocycles. The molecule has 2 fully saturated rings. The van der Waals surface area contributed by atoms with E-state index in [1.54, 1.807) is 0 Å². The van der Waals surface area contributed by atoms with Crippen molar-refractivity contribution >= 4 is 5.91 Å². The van der Waals surface area contributed by atoms with Gasteiger partial charge in [0.1, 0.15) is 0 Å². The molecule has 2 rings (SSSR count). The first-order valence-electron chi connectivity index (χ1n) is 6.79. The first-order chi connectivity index (χ1) is 7.79. The predicted molar refractivity (Wildman–Crippen MR) is 65.3 cm³/mol. The average molecular weight is 224 g/mol. The maximum atomic E-state index is 12.3. The van der Waals surface area contributed by atoms with Crippen LogP contribution < -0.4 is 5.32 Å². The Bertz CT molecular complexity index is 230. The van der Waals surface area contributed by atoms with E-state index in [0.717, 1.165) is 13.0 Å². The summed E-state index contributed by atoms with van der Waals surface area (Å²) < 4.78 is 0. The Morgan fingerprint density at radius 3 is 2.38 bits per heavy atom. The van der Waals surface area contributed by atoms with E-state index in [1.807, 2.05) is 11.9 Å². The number of piperidine rings is 1. The maximum Gasteiger partial charge on any atom is 0.239 e. The average Bonchev–Trinajstić information content (AvgIpc) is 2.39. The summed E-state index contributed by atoms with van der Waals surface area (Å²) in [5, 5.41) is 3.35. The molecule has 3 heteroatoms. The summed E-state index contributed by atoms with van der Waals surface area (Å²) in [6, 6.07) is 0.602. The minimum absolute atomic E-state index is 0.0978. The minimum Gasteiger partial charge on any atom is -0.341 e. The Labute approximate surface area is 98.6 Å². The number of hydrogen-bond acceptors (Lipinski definition) is 2. The fraction of sp³-hybridized carbons (Fsp3) is 0.923. The molecule has 1 saturated heterocycles. The number of carbonyl (C=O) groups is 1. The Balaban J connectivity index is 1.86. The molecule has 2 aliphatic rings. The number of nitrogens with zero attached hydrogens (tertiary/aromatic N) is 1. The summed E-state index contributed by atoms with van der Waals surface area (Å²) in [4.78, 5) is 14.3. The van der Waals surface area contributed by atoms with Crippen molar-refractivity contribution in [3.63, 3.8) is 0 Å². The van der Waals surface area contributed by atoms with Crippen LogP contribution >= 0.6 is 0 Å². The number of rotatable bonds is 2. The molecule has 3 nitrogen and oxygen atoms in total. The lowest BCUT2D eigenvalue weighted by Gasteiger charge is -2.35. The maximum absolute atomic E-state index is 12.3. The molecule has 1 aliphatic carbocycles. The number of hydrogen-bond donors (Lipinski definition) is 1. The van der Waals surface area contributed by atoms with Crippen molar-refractivity contribution in [2.75, 3.05) is 13.6 Å². The summed E-state index contributed by atoms with van der Waals surface area (Å²) in [7, 11) is 1.99. The van der Waals surface area contributed by atoms with E-state index in [1.165, 1.54) is 44.9 Å². The summed E-state index contributed by atoms with van der Waals surface area (Å²) in [6.45, 7) is 1.01. The number of likely N-dealkylation sites (N-methyl/N-ethyl adjacent to an activating group) is 1. The van der Waals surface area contributed by atoms with Crippen molar-refractivity contribution in [1.82, 2.24) is 10.2 Å². The fourth-order valence-electron chi connectivity index (χ4n) is 2.96. The normalized spacial score (nSPS) is 27.7. The van der Waals surface area contributed by atoms with E-state index in [4.69, 9.17) is 0 Å². The molecule has 16 heavy (non-hydrogen) atoms. The van der Waals surface area contributed by atoms with Crippen molar-refractivity contribution in [3.05, 3.63) is 0 Å². The third-order valence-corrected chi connectivity index (χ3v) is 4.08. The Hall–Kier alpha value is -0.570. The lowest BCUT2D eigenvalue weighted by atomic mass is 9.93. The molecule has 0 aromatic rings. The smallest absolute Gasteiger partial charge is 0.239 e. The Morgan fingerprint density at radius 1 is 1.06 bits per heavy atom. The van der Waals surface area contributed by atoms with E-state index in [0.29, 0.717) is 11.9 Å². The van der Waals surface area contributed by atoms with E-state index in [9.17, 15) is 4.79 Å². The largest absolute Gasteiger partial charge is 0.341 e. The van der Waals surface area contributed by atoms with Crippen LogP contribution in [0.5, 0.6) is 0 Å². The molecule has 1 saturated carbocycles. The van der Waals surface area contributed by atoms with Crippen molar-refractivity contribution in [1.29, 1.82) is 0 Å². The lowest BCUT2D eigenvalue weighted by Crippen LogP contribution is -2.50. The van der Waals surface area contributed by atoms with Gasteiger partial charge in [0.15, 0.2) is 0 Å². The zero-order chi connectivity index (χ0) is 11.4. The second kappa shape index (κ2) is 5.67. The summed E-state index contributed by atoms with van der Waals surface area (Å²) in [5.74, 6) is 0.326. The fourth-order valence-corrected chi connectivity index (χ4v) is 2.96. The lowest BCUT2D eigenvalue weighted by molar-refractivity contribution is -0.135. The highest BCUT2D eigenvalue weighted by Crippen LogP contribution is 2.22. The van der Waals surface area contributed by atoms with E-state index in [2.05, 4.69) is 5.32 Å². The van der Waals surface area contributed by atoms with Crippen LogP contribution in [0.3, 0.4) is 0 Å². The van der Waals surface area contributed by atoms with Crippen LogP contribution in [0.1, 0.15) is 51.4 Å². The third kappa shape index (κ3) is 2.76. The van der Waals surface area contributed by atoms with Crippen LogP contribution in [0.4, 0.5) is 0 Å². The zero-order valence-corrected chi connectivity index (χ0v) is 10.4. The number of amides is 1. The highest BCUT2D eigenvalue weighted by Gasteiger charge is 2.28. The van der Waals surface area contributed by atoms with Crippen LogP contribution in [0.25, 0.3) is 0 Å². The molecule has 0 bridgehead atoms. The zero-order valence-electron chi connectivity index (χ0n) is 10.4. The Morgan fingerprint density at radius 2 is 1.75 bits per heavy atom. The second-order valence-corrected chi connectivity index (χ2v) is 5.24. The first-order valence-corrected chi connectivity index (χ1v) is 6.79. The molecule has 92 valence electrons. The van der Waals surface area contributed by atoms with Gasteiger partial charge in [0.2, 0.25) is 5.91 Å². The topological polar surface area (TPSA) is 32.3 Å². The molecule has 1 aliphatic heterocycles. The summed E-state index contributed by atoms with van der Waals surface area (Å²) >= 11 is 0. The van der Waals surface area contributed by atoms with Crippen molar-refractivity contribution in [3.8, 4) is 0 Å². The van der Waals surface area contributed by atoms with Gasteiger partial charge in [0.25, 0.3) is 0 Å². The standard InChI is InChI=1S/C13H24N2O/c1-15(11-7-3-2-4-8-11)13(16)12-9-5-6-10-14-12/h11-12,14H,2-10H2,1H3. The Kier molecular flexibility index (Phi) is 4.22. The van der Waals surface area contributed by atoms with Gasteiger partial charge in [0.05, 0.1) is 6.04 Å². The molecule has 1 N–H and O–H groups in total. The molecule has 1 unspecified atom stereocenters. The van der Waals surface area contributed by atoms with Gasteiger partial charge < -0.3 is 10.2 Å². The molecular weight excluding hydrogens is 200 g/mol. The molecular formula is C13H24N2O. The quantitative estimate of drug-likeness (QED) is 0.777. The minimum atomic E-state index is 0.0978. The second-order valence-electron chi connectivity index (χ2n) is 5.24. The number of carbonyl (C=O) groups excluding carboxylic acids is 1. The molecule has 0 spiro atoms. The van der Waals surface area contributed by atoms with E-state index in [-0.39, 0.29) is 6.04 Å². The van der Waals surface area contributed by atoms with Gasteiger partial charge in [-0.3, -0.25) is 4.79 Å². The summed E-state index contributed by atoms with van der Waals surface area (Å²) in [5.41, 5.74) is 0. The predicted octanol–water partition coefficient (Wildman–Crippen LogP) is 1.92. The van der Waals surface area contributed by atoms with Crippen molar-refractivity contribution in [2.45, 2.75) is 63.5 Å². The van der Waals surface area contributed by atoms with Gasteiger partial charge in [-0.2, -0.15) is 0 Å². The molecule has 0 aromatic carbocycles.